The lowest BCUT2D eigenvalue weighted by Gasteiger charge is -2.21. The van der Waals surface area contributed by atoms with Gasteiger partial charge in [-0.3, -0.25) is 10.2 Å². The smallest absolute Gasteiger partial charge is 0.282 e. The van der Waals surface area contributed by atoms with Crippen LogP contribution in [0.3, 0.4) is 0 Å². The van der Waals surface area contributed by atoms with Crippen molar-refractivity contribution in [3.05, 3.63) is 0 Å². The van der Waals surface area contributed by atoms with Gasteiger partial charge in [-0.25, -0.2) is 5.84 Å². The lowest BCUT2D eigenvalue weighted by atomic mass is 9.99. The summed E-state index contributed by atoms with van der Waals surface area (Å²) in [5.74, 6) is 4.83. The summed E-state index contributed by atoms with van der Waals surface area (Å²) >= 11 is 0. The van der Waals surface area contributed by atoms with Crippen molar-refractivity contribution in [2.24, 2.45) is 16.9 Å². The Balaban J connectivity index is 2.04. The van der Waals surface area contributed by atoms with E-state index < -0.39 is 0 Å². The fourth-order valence-corrected chi connectivity index (χ4v) is 1.54. The molecule has 0 bridgehead atoms. The first-order valence-corrected chi connectivity index (χ1v) is 4.16. The number of nitrogens with two attached hydrogens (primary N) is 1. The Hall–Kier alpha value is -1.14. The molecule has 13 heavy (non-hydrogen) atoms. The number of rotatable bonds is 1. The second kappa shape index (κ2) is 3.31. The average molecular weight is 185 g/mol. The predicted octanol–water partition coefficient (Wildman–Crippen LogP) is -0.885. The SMILES string of the molecule is NNC(=O)C1=NO[C@@H]2OCC[C@@H]2C1. The molecule has 6 nitrogen and oxygen atoms in total. The number of ether oxygens (including phenoxy) is 1. The number of fused-ring (bicyclic) bond motifs is 1. The summed E-state index contributed by atoms with van der Waals surface area (Å²) < 4.78 is 5.23. The molecule has 0 saturated carbocycles. The number of hydrogen-bond acceptors (Lipinski definition) is 5. The van der Waals surface area contributed by atoms with Crippen LogP contribution in [-0.4, -0.2) is 24.5 Å². The van der Waals surface area contributed by atoms with Crippen molar-refractivity contribution >= 4 is 11.6 Å². The minimum atomic E-state index is -0.384. The van der Waals surface area contributed by atoms with Crippen molar-refractivity contribution in [2.75, 3.05) is 6.61 Å². The molecule has 0 aliphatic carbocycles. The molecular formula is C7H11N3O3. The van der Waals surface area contributed by atoms with Gasteiger partial charge < -0.3 is 9.57 Å². The zero-order chi connectivity index (χ0) is 9.26. The van der Waals surface area contributed by atoms with Crippen LogP contribution in [0.15, 0.2) is 5.16 Å². The summed E-state index contributed by atoms with van der Waals surface area (Å²) in [5.41, 5.74) is 2.37. The van der Waals surface area contributed by atoms with Crippen LogP contribution >= 0.6 is 0 Å². The normalized spacial score (nSPS) is 31.6. The van der Waals surface area contributed by atoms with E-state index in [0.29, 0.717) is 18.7 Å². The molecule has 0 aromatic carbocycles. The fourth-order valence-electron chi connectivity index (χ4n) is 1.54. The largest absolute Gasteiger partial charge is 0.363 e. The van der Waals surface area contributed by atoms with Crippen molar-refractivity contribution in [1.29, 1.82) is 0 Å². The maximum atomic E-state index is 11.1. The maximum absolute atomic E-state index is 11.1. The fraction of sp³-hybridized carbons (Fsp3) is 0.714. The molecule has 0 unspecified atom stereocenters. The molecule has 2 aliphatic heterocycles. The Labute approximate surface area is 75.0 Å². The summed E-state index contributed by atoms with van der Waals surface area (Å²) in [5, 5.41) is 3.64. The minimum Gasteiger partial charge on any atom is -0.363 e. The quantitative estimate of drug-likeness (QED) is 0.315. The third-order valence-electron chi connectivity index (χ3n) is 2.27. The molecule has 0 radical (unpaired) electrons. The Kier molecular flexibility index (Phi) is 2.15. The van der Waals surface area contributed by atoms with E-state index in [2.05, 4.69) is 5.16 Å². The van der Waals surface area contributed by atoms with Crippen LogP contribution in [0.5, 0.6) is 0 Å². The molecule has 2 heterocycles. The number of carbonyl (C=O) groups excluding carboxylic acids is 1. The van der Waals surface area contributed by atoms with Crippen molar-refractivity contribution in [1.82, 2.24) is 5.43 Å². The molecule has 6 heteroatoms. The van der Waals surface area contributed by atoms with E-state index in [0.717, 1.165) is 6.42 Å². The Morgan fingerprint density at radius 2 is 2.54 bits per heavy atom. The third-order valence-corrected chi connectivity index (χ3v) is 2.27. The monoisotopic (exact) mass is 185 g/mol. The van der Waals surface area contributed by atoms with Gasteiger partial charge in [0.2, 0.25) is 6.29 Å². The van der Waals surface area contributed by atoms with Crippen LogP contribution in [-0.2, 0) is 14.4 Å². The molecule has 1 saturated heterocycles. The molecule has 2 atom stereocenters. The Morgan fingerprint density at radius 3 is 3.31 bits per heavy atom. The number of oxime groups is 1. The highest BCUT2D eigenvalue weighted by atomic mass is 16.8. The van der Waals surface area contributed by atoms with E-state index in [1.54, 1.807) is 0 Å². The van der Waals surface area contributed by atoms with Crippen LogP contribution < -0.4 is 11.3 Å². The number of hydrogen-bond donors (Lipinski definition) is 2. The van der Waals surface area contributed by atoms with E-state index in [9.17, 15) is 4.79 Å². The average Bonchev–Trinajstić information content (AvgIpc) is 2.63. The second-order valence-corrected chi connectivity index (χ2v) is 3.11. The van der Waals surface area contributed by atoms with Crippen molar-refractivity contribution < 1.29 is 14.4 Å². The number of nitrogens with zero attached hydrogens (tertiary/aromatic N) is 1. The molecule has 1 fully saturated rings. The van der Waals surface area contributed by atoms with E-state index in [1.807, 2.05) is 5.43 Å². The summed E-state index contributed by atoms with van der Waals surface area (Å²) in [7, 11) is 0. The van der Waals surface area contributed by atoms with Gasteiger partial charge in [0.15, 0.2) is 0 Å². The minimum absolute atomic E-state index is 0.241. The third kappa shape index (κ3) is 1.50. The molecule has 2 rings (SSSR count). The van der Waals surface area contributed by atoms with Gasteiger partial charge in [0, 0.05) is 12.3 Å². The van der Waals surface area contributed by atoms with Gasteiger partial charge in [0.05, 0.1) is 6.61 Å². The van der Waals surface area contributed by atoms with E-state index in [1.165, 1.54) is 0 Å². The first-order valence-electron chi connectivity index (χ1n) is 4.16. The van der Waals surface area contributed by atoms with Crippen LogP contribution in [0.4, 0.5) is 0 Å². The molecule has 1 amide bonds. The Bertz CT molecular complexity index is 253. The van der Waals surface area contributed by atoms with E-state index in [-0.39, 0.29) is 18.1 Å². The van der Waals surface area contributed by atoms with Crippen molar-refractivity contribution in [3.63, 3.8) is 0 Å². The highest BCUT2D eigenvalue weighted by molar-refractivity contribution is 6.38. The van der Waals surface area contributed by atoms with Crippen molar-refractivity contribution in [3.8, 4) is 0 Å². The summed E-state index contributed by atoms with van der Waals surface area (Å²) in [6, 6.07) is 0. The maximum Gasteiger partial charge on any atom is 0.282 e. The molecule has 0 spiro atoms. The van der Waals surface area contributed by atoms with E-state index >= 15 is 0 Å². The van der Waals surface area contributed by atoms with Crippen molar-refractivity contribution in [2.45, 2.75) is 19.1 Å². The molecule has 0 aromatic rings. The van der Waals surface area contributed by atoms with Crippen LogP contribution in [0, 0.1) is 5.92 Å². The molecule has 2 aliphatic rings. The second-order valence-electron chi connectivity index (χ2n) is 3.11. The lowest BCUT2D eigenvalue weighted by Crippen LogP contribution is -2.40. The van der Waals surface area contributed by atoms with Gasteiger partial charge in [-0.05, 0) is 6.42 Å². The molecular weight excluding hydrogens is 174 g/mol. The van der Waals surface area contributed by atoms with Gasteiger partial charge in [-0.1, -0.05) is 5.16 Å². The number of hydrazine groups is 1. The standard InChI is InChI=1S/C7H11N3O3/c8-9-6(11)5-3-4-1-2-12-7(4)13-10-5/h4,7H,1-3,8H2,(H,9,11)/t4-,7+/m1/s1. The Morgan fingerprint density at radius 1 is 1.69 bits per heavy atom. The summed E-state index contributed by atoms with van der Waals surface area (Å²) in [4.78, 5) is 16.1. The highest BCUT2D eigenvalue weighted by Crippen LogP contribution is 2.28. The predicted molar refractivity (Wildman–Crippen MR) is 43.3 cm³/mol. The van der Waals surface area contributed by atoms with Gasteiger partial charge in [0.1, 0.15) is 5.71 Å². The summed E-state index contributed by atoms with van der Waals surface area (Å²) in [6.45, 7) is 0.669. The van der Waals surface area contributed by atoms with Crippen LogP contribution in [0.1, 0.15) is 12.8 Å². The first-order chi connectivity index (χ1) is 6.31. The topological polar surface area (TPSA) is 85.9 Å². The number of amides is 1. The number of nitrogens with one attached hydrogen (secondary N) is 1. The zero-order valence-electron chi connectivity index (χ0n) is 7.03. The molecule has 3 N–H and O–H groups in total. The van der Waals surface area contributed by atoms with E-state index in [4.69, 9.17) is 15.4 Å². The van der Waals surface area contributed by atoms with Gasteiger partial charge in [-0.15, -0.1) is 0 Å². The van der Waals surface area contributed by atoms with Gasteiger partial charge in [0.25, 0.3) is 5.91 Å². The van der Waals surface area contributed by atoms with Crippen LogP contribution in [0.25, 0.3) is 0 Å². The number of carbonyl (C=O) groups is 1. The lowest BCUT2D eigenvalue weighted by molar-refractivity contribution is -0.138. The summed E-state index contributed by atoms with van der Waals surface area (Å²) in [6.07, 6.45) is 1.21. The molecule has 72 valence electrons. The first kappa shape index (κ1) is 8.46. The van der Waals surface area contributed by atoms with Gasteiger partial charge in [-0.2, -0.15) is 0 Å². The highest BCUT2D eigenvalue weighted by Gasteiger charge is 2.36. The van der Waals surface area contributed by atoms with Gasteiger partial charge >= 0.3 is 0 Å². The van der Waals surface area contributed by atoms with Crippen LogP contribution in [0.2, 0.25) is 0 Å². The molecule has 0 aromatic heterocycles. The zero-order valence-corrected chi connectivity index (χ0v) is 7.03.